The summed E-state index contributed by atoms with van der Waals surface area (Å²) in [6.45, 7) is 2.65. The van der Waals surface area contributed by atoms with E-state index in [1.165, 1.54) is 18.3 Å². The molecular weight excluding hydrogens is 335 g/mol. The normalized spacial score (nSPS) is 12.7. The van der Waals surface area contributed by atoms with E-state index in [2.05, 4.69) is 21.0 Å². The van der Waals surface area contributed by atoms with E-state index >= 15 is 0 Å². The smallest absolute Gasteiger partial charge is 0.124 e. The minimum Gasteiger partial charge on any atom is -0.382 e. The lowest BCUT2D eigenvalue weighted by Crippen LogP contribution is -2.10. The second-order valence-electron chi connectivity index (χ2n) is 4.21. The fraction of sp³-hybridized carbons (Fsp3) is 0.308. The van der Waals surface area contributed by atoms with Gasteiger partial charge in [-0.1, -0.05) is 34.5 Å². The topological polar surface area (TPSA) is 38.0 Å². The molecule has 102 valence electrons. The number of nitrogens with zero attached hydrogens (tertiary/aromatic N) is 2. The average Bonchev–Trinajstić information content (AvgIpc) is 2.69. The summed E-state index contributed by atoms with van der Waals surface area (Å²) in [5, 5.41) is 14.9. The number of benzene rings is 1. The zero-order valence-corrected chi connectivity index (χ0v) is 12.6. The summed E-state index contributed by atoms with van der Waals surface area (Å²) in [6.07, 6.45) is 1.35. The van der Waals surface area contributed by atoms with Crippen LogP contribution in [0.5, 0.6) is 0 Å². The summed E-state index contributed by atoms with van der Waals surface area (Å²) in [5.74, 6) is -0.416. The summed E-state index contributed by atoms with van der Waals surface area (Å²) in [5.41, 5.74) is 0.924. The zero-order valence-electron chi connectivity index (χ0n) is 10.3. The molecule has 0 spiro atoms. The highest BCUT2D eigenvalue weighted by molar-refractivity contribution is 9.10. The Kier molecular flexibility index (Phi) is 4.60. The number of rotatable bonds is 4. The fourth-order valence-electron chi connectivity index (χ4n) is 1.92. The van der Waals surface area contributed by atoms with Gasteiger partial charge in [-0.05, 0) is 30.2 Å². The molecule has 2 aromatic rings. The van der Waals surface area contributed by atoms with Gasteiger partial charge in [0.25, 0.3) is 0 Å². The summed E-state index contributed by atoms with van der Waals surface area (Å²) in [7, 11) is 0. The van der Waals surface area contributed by atoms with Crippen molar-refractivity contribution in [2.24, 2.45) is 0 Å². The van der Waals surface area contributed by atoms with E-state index in [4.69, 9.17) is 11.6 Å². The van der Waals surface area contributed by atoms with Gasteiger partial charge < -0.3 is 5.11 Å². The van der Waals surface area contributed by atoms with Crippen LogP contribution >= 0.6 is 27.5 Å². The van der Waals surface area contributed by atoms with Crippen LogP contribution in [0.2, 0.25) is 5.02 Å². The van der Waals surface area contributed by atoms with Gasteiger partial charge in [-0.15, -0.1) is 0 Å². The average molecular weight is 348 g/mol. The molecule has 6 heteroatoms. The molecule has 1 aromatic carbocycles. The number of aryl methyl sites for hydroxylation is 1. The Labute approximate surface area is 124 Å². The molecule has 2 rings (SSSR count). The minimum absolute atomic E-state index is 0.376. The van der Waals surface area contributed by atoms with Crippen LogP contribution < -0.4 is 0 Å². The van der Waals surface area contributed by atoms with E-state index in [9.17, 15) is 9.50 Å². The molecule has 0 bridgehead atoms. The monoisotopic (exact) mass is 346 g/mol. The van der Waals surface area contributed by atoms with Crippen molar-refractivity contribution < 1.29 is 9.50 Å². The molecule has 0 aliphatic carbocycles. The lowest BCUT2D eigenvalue weighted by Gasteiger charge is -2.14. The second kappa shape index (κ2) is 6.03. The van der Waals surface area contributed by atoms with E-state index in [0.717, 1.165) is 6.42 Å². The molecule has 0 saturated heterocycles. The Morgan fingerprint density at radius 3 is 2.84 bits per heavy atom. The number of halogens is 3. The van der Waals surface area contributed by atoms with Gasteiger partial charge >= 0.3 is 0 Å². The van der Waals surface area contributed by atoms with Crippen LogP contribution in [0.4, 0.5) is 4.39 Å². The van der Waals surface area contributed by atoms with Crippen molar-refractivity contribution in [1.82, 2.24) is 9.78 Å². The zero-order chi connectivity index (χ0) is 14.0. The Morgan fingerprint density at radius 2 is 2.21 bits per heavy atom. The molecule has 3 nitrogen and oxygen atoms in total. The number of hydrogen-bond acceptors (Lipinski definition) is 2. The van der Waals surface area contributed by atoms with Crippen LogP contribution in [0.15, 0.2) is 28.9 Å². The molecule has 1 heterocycles. The van der Waals surface area contributed by atoms with E-state index in [1.54, 1.807) is 10.7 Å². The van der Waals surface area contributed by atoms with Gasteiger partial charge in [-0.25, -0.2) is 4.39 Å². The number of hydrogen-bond donors (Lipinski definition) is 1. The SMILES string of the molecule is CCCn1ncc(Cl)c1C(O)c1cc(F)cc(Br)c1. The molecule has 0 saturated carbocycles. The molecule has 0 aliphatic heterocycles. The Morgan fingerprint density at radius 1 is 1.47 bits per heavy atom. The number of aliphatic hydroxyl groups is 1. The van der Waals surface area contributed by atoms with Gasteiger partial charge in [0, 0.05) is 11.0 Å². The predicted octanol–water partition coefficient (Wildman–Crippen LogP) is 3.93. The summed E-state index contributed by atoms with van der Waals surface area (Å²) < 4.78 is 15.6. The quantitative estimate of drug-likeness (QED) is 0.910. The van der Waals surface area contributed by atoms with E-state index in [1.807, 2.05) is 6.92 Å². The standard InChI is InChI=1S/C13H13BrClFN2O/c1-2-3-18-12(11(15)7-17-18)13(19)8-4-9(14)6-10(16)5-8/h4-7,13,19H,2-3H2,1H3. The first kappa shape index (κ1) is 14.5. The molecular formula is C13H13BrClFN2O. The van der Waals surface area contributed by atoms with Crippen molar-refractivity contribution in [2.75, 3.05) is 0 Å². The van der Waals surface area contributed by atoms with Crippen molar-refractivity contribution in [3.8, 4) is 0 Å². The van der Waals surface area contributed by atoms with Crippen LogP contribution in [-0.4, -0.2) is 14.9 Å². The summed E-state index contributed by atoms with van der Waals surface area (Å²) in [6, 6.07) is 4.28. The molecule has 1 N–H and O–H groups in total. The van der Waals surface area contributed by atoms with Crippen molar-refractivity contribution >= 4 is 27.5 Å². The predicted molar refractivity (Wildman–Crippen MR) is 75.7 cm³/mol. The first-order valence-corrected chi connectivity index (χ1v) is 7.05. The van der Waals surface area contributed by atoms with Gasteiger partial charge in [0.15, 0.2) is 0 Å². The molecule has 0 amide bonds. The van der Waals surface area contributed by atoms with Gasteiger partial charge in [-0.2, -0.15) is 5.10 Å². The van der Waals surface area contributed by atoms with Crippen molar-refractivity contribution in [3.05, 3.63) is 51.0 Å². The molecule has 0 radical (unpaired) electrons. The first-order valence-electron chi connectivity index (χ1n) is 5.88. The number of aromatic nitrogens is 2. The molecule has 1 aromatic heterocycles. The van der Waals surface area contributed by atoms with Crippen LogP contribution in [0.3, 0.4) is 0 Å². The van der Waals surface area contributed by atoms with Crippen molar-refractivity contribution in [3.63, 3.8) is 0 Å². The third-order valence-corrected chi connectivity index (χ3v) is 3.48. The largest absolute Gasteiger partial charge is 0.382 e. The van der Waals surface area contributed by atoms with E-state index < -0.39 is 11.9 Å². The van der Waals surface area contributed by atoms with Crippen LogP contribution in [-0.2, 0) is 6.54 Å². The van der Waals surface area contributed by atoms with Crippen LogP contribution in [0.25, 0.3) is 0 Å². The number of aliphatic hydroxyl groups excluding tert-OH is 1. The Hall–Kier alpha value is -0.910. The summed E-state index contributed by atoms with van der Waals surface area (Å²) in [4.78, 5) is 0. The maximum atomic E-state index is 13.4. The van der Waals surface area contributed by atoms with Crippen LogP contribution in [0, 0.1) is 5.82 Å². The highest BCUT2D eigenvalue weighted by Crippen LogP contribution is 2.30. The third-order valence-electron chi connectivity index (χ3n) is 2.73. The lowest BCUT2D eigenvalue weighted by atomic mass is 10.1. The van der Waals surface area contributed by atoms with Gasteiger partial charge in [0.05, 0.1) is 16.9 Å². The van der Waals surface area contributed by atoms with E-state index in [-0.39, 0.29) is 0 Å². The minimum atomic E-state index is -1.01. The van der Waals surface area contributed by atoms with Crippen molar-refractivity contribution in [1.29, 1.82) is 0 Å². The highest BCUT2D eigenvalue weighted by Gasteiger charge is 2.20. The Bertz CT molecular complexity index is 568. The van der Waals surface area contributed by atoms with E-state index in [0.29, 0.717) is 27.3 Å². The van der Waals surface area contributed by atoms with Gasteiger partial charge in [0.1, 0.15) is 11.9 Å². The molecule has 19 heavy (non-hydrogen) atoms. The molecule has 1 atom stereocenters. The Balaban J connectivity index is 2.43. The maximum Gasteiger partial charge on any atom is 0.124 e. The van der Waals surface area contributed by atoms with Gasteiger partial charge in [0.2, 0.25) is 0 Å². The molecule has 0 fully saturated rings. The first-order chi connectivity index (χ1) is 9.02. The second-order valence-corrected chi connectivity index (χ2v) is 5.53. The highest BCUT2D eigenvalue weighted by atomic mass is 79.9. The third kappa shape index (κ3) is 3.16. The van der Waals surface area contributed by atoms with Gasteiger partial charge in [-0.3, -0.25) is 4.68 Å². The fourth-order valence-corrected chi connectivity index (χ4v) is 2.65. The lowest BCUT2D eigenvalue weighted by molar-refractivity contribution is 0.207. The van der Waals surface area contributed by atoms with Crippen molar-refractivity contribution in [2.45, 2.75) is 26.0 Å². The van der Waals surface area contributed by atoms with Crippen LogP contribution in [0.1, 0.15) is 30.7 Å². The maximum absolute atomic E-state index is 13.4. The summed E-state index contributed by atoms with van der Waals surface area (Å²) >= 11 is 9.26. The molecule has 1 unspecified atom stereocenters. The molecule has 0 aliphatic rings.